The van der Waals surface area contributed by atoms with E-state index in [4.69, 9.17) is 9.47 Å². The third-order valence-electron chi connectivity index (χ3n) is 7.18. The van der Waals surface area contributed by atoms with Crippen LogP contribution in [0.4, 0.5) is 4.39 Å². The first kappa shape index (κ1) is 33.1. The first-order valence-electron chi connectivity index (χ1n) is 14.8. The van der Waals surface area contributed by atoms with Crippen molar-refractivity contribution < 1.29 is 18.7 Å². The molecule has 0 aliphatic carbocycles. The van der Waals surface area contributed by atoms with E-state index in [2.05, 4.69) is 15.5 Å². The molecule has 11 nitrogen and oxygen atoms in total. The number of aromatic nitrogens is 5. The lowest BCUT2D eigenvalue weighted by Crippen LogP contribution is -2.56. The largest absolute Gasteiger partial charge is 0.493 e. The molecule has 0 spiro atoms. The summed E-state index contributed by atoms with van der Waals surface area (Å²) in [4.78, 5) is 43.7. The molecule has 0 radical (unpaired) electrons. The second-order valence-corrected chi connectivity index (χ2v) is 12.8. The van der Waals surface area contributed by atoms with Crippen LogP contribution in [0.3, 0.4) is 0 Å². The highest BCUT2D eigenvalue weighted by molar-refractivity contribution is 7.21. The molecular weight excluding hydrogens is 587 g/mol. The monoisotopic (exact) mass is 628 g/mol. The van der Waals surface area contributed by atoms with Gasteiger partial charge in [0.25, 0.3) is 5.56 Å². The molecule has 1 amide bonds. The Morgan fingerprint density at radius 2 is 1.82 bits per heavy atom. The first-order chi connectivity index (χ1) is 20.8. The zero-order chi connectivity index (χ0) is 32.3. The van der Waals surface area contributed by atoms with E-state index in [1.165, 1.54) is 59.1 Å². The second kappa shape index (κ2) is 13.4. The quantitative estimate of drug-likeness (QED) is 0.210. The molecule has 3 aromatic heterocycles. The number of nitrogens with one attached hydrogen (secondary N) is 1. The molecule has 0 bridgehead atoms. The van der Waals surface area contributed by atoms with Gasteiger partial charge in [0.2, 0.25) is 5.91 Å². The Morgan fingerprint density at radius 1 is 1.14 bits per heavy atom. The molecule has 238 valence electrons. The maximum absolute atomic E-state index is 14.7. The molecule has 4 aromatic rings. The van der Waals surface area contributed by atoms with Crippen LogP contribution in [0.25, 0.3) is 15.2 Å². The maximum atomic E-state index is 14.7. The molecule has 0 saturated carbocycles. The van der Waals surface area contributed by atoms with Crippen molar-refractivity contribution in [1.82, 2.24) is 29.4 Å². The van der Waals surface area contributed by atoms with Gasteiger partial charge in [-0.05, 0) is 73.1 Å². The summed E-state index contributed by atoms with van der Waals surface area (Å²) in [5.74, 6) is -0.511. The number of ether oxygens (including phenoxy) is 2. The number of hydrogen-bond acceptors (Lipinski definition) is 8. The summed E-state index contributed by atoms with van der Waals surface area (Å²) in [5, 5.41) is 12.1. The van der Waals surface area contributed by atoms with Crippen LogP contribution in [0.5, 0.6) is 5.75 Å². The molecule has 44 heavy (non-hydrogen) atoms. The Kier molecular flexibility index (Phi) is 10.1. The van der Waals surface area contributed by atoms with Crippen LogP contribution in [0.15, 0.2) is 40.2 Å². The van der Waals surface area contributed by atoms with Crippen LogP contribution in [0.1, 0.15) is 78.5 Å². The van der Waals surface area contributed by atoms with Crippen LogP contribution < -0.4 is 21.3 Å². The minimum Gasteiger partial charge on any atom is -0.493 e. The molecule has 0 aliphatic heterocycles. The molecule has 13 heteroatoms. The van der Waals surface area contributed by atoms with E-state index in [1.807, 2.05) is 20.8 Å². The summed E-state index contributed by atoms with van der Waals surface area (Å²) in [6.45, 7) is 14.5. The molecule has 3 heterocycles. The highest BCUT2D eigenvalue weighted by Crippen LogP contribution is 2.35. The van der Waals surface area contributed by atoms with E-state index >= 15 is 0 Å². The Morgan fingerprint density at radius 3 is 2.43 bits per heavy atom. The zero-order valence-corrected chi connectivity index (χ0v) is 27.3. The van der Waals surface area contributed by atoms with Gasteiger partial charge in [-0.1, -0.05) is 24.7 Å². The van der Waals surface area contributed by atoms with E-state index in [1.54, 1.807) is 26.8 Å². The van der Waals surface area contributed by atoms with Crippen LogP contribution in [0.2, 0.25) is 0 Å². The van der Waals surface area contributed by atoms with Crippen molar-refractivity contribution in [3.63, 3.8) is 0 Å². The first-order valence-corrected chi connectivity index (χ1v) is 15.6. The number of fused-ring (bicyclic) bond motifs is 1. The van der Waals surface area contributed by atoms with Gasteiger partial charge in [0, 0.05) is 17.2 Å². The van der Waals surface area contributed by atoms with Crippen molar-refractivity contribution in [1.29, 1.82) is 0 Å². The van der Waals surface area contributed by atoms with Crippen LogP contribution in [-0.2, 0) is 21.6 Å². The number of unbranched alkanes of at least 4 members (excludes halogenated alkanes) is 1. The third kappa shape index (κ3) is 6.63. The van der Waals surface area contributed by atoms with Gasteiger partial charge in [0.1, 0.15) is 33.0 Å². The standard InChI is InChI=1S/C31H41FN6O5S/c1-9-10-15-42-23-12-11-21(32)16-22(23)24(43-19(4)5)17-36-28-25(20(6)27(44-28)38-33-13-14-34-38)26(39)37(30(36)41)31(7,8)29(40)35-18(2)3/h11-14,16,18-19,24H,9-10,15,17H2,1-8H3,(H,35,40)/t24-/m0/s1. The summed E-state index contributed by atoms with van der Waals surface area (Å²) in [7, 11) is 0. The summed E-state index contributed by atoms with van der Waals surface area (Å²) >= 11 is 1.18. The number of halogens is 1. The number of rotatable bonds is 13. The molecule has 0 saturated heterocycles. The number of amides is 1. The Balaban J connectivity index is 2.01. The SMILES string of the molecule is CCCCOc1ccc(F)cc1[C@H](Cn1c(=O)n(C(C)(C)C(=O)NC(C)C)c(=O)c2c(C)c(-n3nccn3)sc21)OC(C)C. The number of aryl methyl sites for hydroxylation is 1. The minimum absolute atomic E-state index is 0.0881. The molecule has 0 unspecified atom stereocenters. The number of carbonyl (C=O) groups excluding carboxylic acids is 1. The van der Waals surface area contributed by atoms with E-state index in [-0.39, 0.29) is 24.1 Å². The summed E-state index contributed by atoms with van der Waals surface area (Å²) in [6, 6.07) is 4.02. The van der Waals surface area contributed by atoms with Crippen LogP contribution in [-0.4, -0.2) is 48.8 Å². The van der Waals surface area contributed by atoms with E-state index < -0.39 is 34.6 Å². The van der Waals surface area contributed by atoms with Gasteiger partial charge in [0.05, 0.1) is 37.0 Å². The second-order valence-electron chi connectivity index (χ2n) is 11.8. The number of thiophene rings is 1. The van der Waals surface area contributed by atoms with Gasteiger partial charge in [-0.15, -0.1) is 4.80 Å². The molecule has 1 aromatic carbocycles. The number of benzene rings is 1. The van der Waals surface area contributed by atoms with Crippen LogP contribution >= 0.6 is 11.3 Å². The molecule has 0 fully saturated rings. The Bertz CT molecular complexity index is 1740. The summed E-state index contributed by atoms with van der Waals surface area (Å²) in [5.41, 5.74) is -1.85. The van der Waals surface area contributed by atoms with E-state index in [9.17, 15) is 18.8 Å². The van der Waals surface area contributed by atoms with Gasteiger partial charge in [-0.25, -0.2) is 13.8 Å². The van der Waals surface area contributed by atoms with Gasteiger partial charge in [-0.3, -0.25) is 14.2 Å². The zero-order valence-electron chi connectivity index (χ0n) is 26.5. The smallest absolute Gasteiger partial charge is 0.333 e. The molecule has 4 rings (SSSR count). The number of carbonyl (C=O) groups is 1. The lowest BCUT2D eigenvalue weighted by Gasteiger charge is -2.29. The summed E-state index contributed by atoms with van der Waals surface area (Å²) < 4.78 is 29.5. The van der Waals surface area contributed by atoms with E-state index in [0.29, 0.717) is 33.3 Å². The molecule has 1 N–H and O–H groups in total. The van der Waals surface area contributed by atoms with Crippen LogP contribution in [0, 0.1) is 12.7 Å². The highest BCUT2D eigenvalue weighted by Gasteiger charge is 2.36. The third-order valence-corrected chi connectivity index (χ3v) is 8.46. The van der Waals surface area contributed by atoms with Crippen molar-refractivity contribution in [2.24, 2.45) is 0 Å². The average molecular weight is 629 g/mol. The maximum Gasteiger partial charge on any atom is 0.333 e. The Hall–Kier alpha value is -3.84. The van der Waals surface area contributed by atoms with Gasteiger partial charge < -0.3 is 14.8 Å². The fraction of sp³-hybridized carbons (Fsp3) is 0.516. The lowest BCUT2D eigenvalue weighted by molar-refractivity contribution is -0.129. The van der Waals surface area contributed by atoms with Crippen molar-refractivity contribution >= 4 is 27.5 Å². The Labute approximate surface area is 259 Å². The summed E-state index contributed by atoms with van der Waals surface area (Å²) in [6.07, 6.45) is 3.63. The van der Waals surface area contributed by atoms with Crippen molar-refractivity contribution in [3.8, 4) is 10.8 Å². The fourth-order valence-electron chi connectivity index (χ4n) is 4.98. The molecule has 1 atom stereocenters. The van der Waals surface area contributed by atoms with Crippen molar-refractivity contribution in [3.05, 3.63) is 68.4 Å². The van der Waals surface area contributed by atoms with Crippen molar-refractivity contribution in [2.45, 2.75) is 98.6 Å². The molecular formula is C31H41FN6O5S. The lowest BCUT2D eigenvalue weighted by atomic mass is 10.0. The number of nitrogens with zero attached hydrogens (tertiary/aromatic N) is 5. The number of hydrogen-bond donors (Lipinski definition) is 1. The van der Waals surface area contributed by atoms with Gasteiger partial charge >= 0.3 is 5.69 Å². The normalized spacial score (nSPS) is 12.8. The predicted octanol–water partition coefficient (Wildman–Crippen LogP) is 4.86. The fourth-order valence-corrected chi connectivity index (χ4v) is 6.20. The van der Waals surface area contributed by atoms with E-state index in [0.717, 1.165) is 17.4 Å². The minimum atomic E-state index is -1.55. The van der Waals surface area contributed by atoms with Gasteiger partial charge in [0.15, 0.2) is 0 Å². The average Bonchev–Trinajstić information content (AvgIpc) is 3.59. The molecule has 0 aliphatic rings. The topological polar surface area (TPSA) is 122 Å². The van der Waals surface area contributed by atoms with Gasteiger partial charge in [-0.2, -0.15) is 10.2 Å². The highest BCUT2D eigenvalue weighted by atomic mass is 32.1. The van der Waals surface area contributed by atoms with Crippen molar-refractivity contribution in [2.75, 3.05) is 6.61 Å². The predicted molar refractivity (Wildman–Crippen MR) is 168 cm³/mol.